The van der Waals surface area contributed by atoms with Crippen molar-refractivity contribution in [3.63, 3.8) is 0 Å². The first kappa shape index (κ1) is 12.3. The Bertz CT molecular complexity index is 546. The van der Waals surface area contributed by atoms with Crippen molar-refractivity contribution in [3.05, 3.63) is 23.5 Å². The van der Waals surface area contributed by atoms with Crippen molar-refractivity contribution in [1.82, 2.24) is 24.7 Å². The molecule has 0 aliphatic heterocycles. The normalized spacial score (nSPS) is 10.4. The molecule has 2 aromatic rings. The van der Waals surface area contributed by atoms with E-state index in [1.165, 1.54) is 0 Å². The van der Waals surface area contributed by atoms with Crippen molar-refractivity contribution in [2.45, 2.75) is 20.4 Å². The molecule has 2 heterocycles. The van der Waals surface area contributed by atoms with Gasteiger partial charge in [0.05, 0.1) is 6.54 Å². The molecule has 2 aromatic heterocycles. The van der Waals surface area contributed by atoms with Gasteiger partial charge in [-0.15, -0.1) is 0 Å². The molecule has 0 aliphatic carbocycles. The average molecular weight is 247 g/mol. The zero-order chi connectivity index (χ0) is 13.1. The Morgan fingerprint density at radius 1 is 1.22 bits per heavy atom. The lowest BCUT2D eigenvalue weighted by Crippen LogP contribution is -2.09. The van der Waals surface area contributed by atoms with E-state index in [9.17, 15) is 0 Å². The largest absolute Gasteiger partial charge is 0.373 e. The van der Waals surface area contributed by atoms with Gasteiger partial charge in [-0.3, -0.25) is 4.68 Å². The smallest absolute Gasteiger partial charge is 0.169 e. The highest BCUT2D eigenvalue weighted by molar-refractivity contribution is 5.56. The highest BCUT2D eigenvalue weighted by atomic mass is 15.3. The van der Waals surface area contributed by atoms with Crippen LogP contribution in [0.25, 0.3) is 0 Å². The second-order valence-electron chi connectivity index (χ2n) is 4.03. The fourth-order valence-electron chi connectivity index (χ4n) is 1.67. The molecular weight excluding hydrogens is 230 g/mol. The summed E-state index contributed by atoms with van der Waals surface area (Å²) in [7, 11) is 3.69. The summed E-state index contributed by atoms with van der Waals surface area (Å²) in [6.07, 6.45) is 1.67. The zero-order valence-corrected chi connectivity index (χ0v) is 11.0. The van der Waals surface area contributed by atoms with E-state index < -0.39 is 0 Å². The lowest BCUT2D eigenvalue weighted by Gasteiger charge is -2.11. The maximum atomic E-state index is 4.38. The number of aryl methyl sites for hydroxylation is 2. The van der Waals surface area contributed by atoms with E-state index in [4.69, 9.17) is 0 Å². The summed E-state index contributed by atoms with van der Waals surface area (Å²) in [4.78, 5) is 12.8. The maximum Gasteiger partial charge on any atom is 0.169 e. The Hall–Kier alpha value is -2.18. The van der Waals surface area contributed by atoms with Crippen LogP contribution < -0.4 is 10.6 Å². The van der Waals surface area contributed by atoms with Gasteiger partial charge in [-0.25, -0.2) is 15.0 Å². The fraction of sp³-hybridized carbons (Fsp3) is 0.455. The van der Waals surface area contributed by atoms with Gasteiger partial charge >= 0.3 is 0 Å². The molecule has 0 fully saturated rings. The summed E-state index contributed by atoms with van der Waals surface area (Å²) in [5.74, 6) is 3.10. The van der Waals surface area contributed by atoms with E-state index in [1.54, 1.807) is 11.0 Å². The first-order valence-electron chi connectivity index (χ1n) is 5.71. The van der Waals surface area contributed by atoms with Crippen molar-refractivity contribution < 1.29 is 0 Å². The van der Waals surface area contributed by atoms with Crippen molar-refractivity contribution in [1.29, 1.82) is 0 Å². The van der Waals surface area contributed by atoms with E-state index in [2.05, 4.69) is 30.7 Å². The second-order valence-corrected chi connectivity index (χ2v) is 4.03. The lowest BCUT2D eigenvalue weighted by molar-refractivity contribution is 0.746. The van der Waals surface area contributed by atoms with Crippen LogP contribution >= 0.6 is 0 Å². The minimum atomic E-state index is 0.543. The predicted molar refractivity (Wildman–Crippen MR) is 69.4 cm³/mol. The molecule has 7 nitrogen and oxygen atoms in total. The number of rotatable bonds is 4. The molecule has 0 saturated carbocycles. The SMILES string of the molecule is CNc1nc(C)nc(NCc2ncn(C)n2)c1C. The van der Waals surface area contributed by atoms with Gasteiger partial charge in [0.2, 0.25) is 0 Å². The average Bonchev–Trinajstić information content (AvgIpc) is 2.75. The van der Waals surface area contributed by atoms with Gasteiger partial charge in [-0.1, -0.05) is 0 Å². The van der Waals surface area contributed by atoms with E-state index >= 15 is 0 Å². The Balaban J connectivity index is 2.16. The number of hydrogen-bond acceptors (Lipinski definition) is 6. The third kappa shape index (κ3) is 2.55. The Labute approximate surface area is 106 Å². The summed E-state index contributed by atoms with van der Waals surface area (Å²) in [6, 6.07) is 0. The quantitative estimate of drug-likeness (QED) is 0.834. The van der Waals surface area contributed by atoms with Gasteiger partial charge < -0.3 is 10.6 Å². The van der Waals surface area contributed by atoms with Crippen LogP contribution in [0.3, 0.4) is 0 Å². The first-order chi connectivity index (χ1) is 8.60. The van der Waals surface area contributed by atoms with Crippen molar-refractivity contribution in [2.24, 2.45) is 7.05 Å². The molecule has 0 atom stereocenters. The molecule has 0 unspecified atom stereocenters. The van der Waals surface area contributed by atoms with Crippen LogP contribution in [0.2, 0.25) is 0 Å². The van der Waals surface area contributed by atoms with Gasteiger partial charge in [0.25, 0.3) is 0 Å². The van der Waals surface area contributed by atoms with Gasteiger partial charge in [0.15, 0.2) is 5.82 Å². The molecule has 96 valence electrons. The minimum absolute atomic E-state index is 0.543. The van der Waals surface area contributed by atoms with E-state index in [-0.39, 0.29) is 0 Å². The molecular formula is C11H17N7. The third-order valence-electron chi connectivity index (χ3n) is 2.56. The molecule has 0 saturated heterocycles. The Morgan fingerprint density at radius 3 is 2.56 bits per heavy atom. The minimum Gasteiger partial charge on any atom is -0.373 e. The summed E-state index contributed by atoms with van der Waals surface area (Å²) in [6.45, 7) is 4.38. The van der Waals surface area contributed by atoms with E-state index in [1.807, 2.05) is 27.9 Å². The molecule has 7 heteroatoms. The van der Waals surface area contributed by atoms with Crippen LogP contribution in [0.4, 0.5) is 11.6 Å². The number of nitrogens with zero attached hydrogens (tertiary/aromatic N) is 5. The molecule has 18 heavy (non-hydrogen) atoms. The van der Waals surface area contributed by atoms with Crippen LogP contribution in [0.5, 0.6) is 0 Å². The van der Waals surface area contributed by atoms with E-state index in [0.717, 1.165) is 28.8 Å². The Kier molecular flexibility index (Phi) is 3.40. The first-order valence-corrected chi connectivity index (χ1v) is 5.71. The fourth-order valence-corrected chi connectivity index (χ4v) is 1.67. The van der Waals surface area contributed by atoms with Crippen molar-refractivity contribution >= 4 is 11.6 Å². The number of nitrogens with one attached hydrogen (secondary N) is 2. The van der Waals surface area contributed by atoms with Crippen LogP contribution in [0, 0.1) is 13.8 Å². The zero-order valence-electron chi connectivity index (χ0n) is 11.0. The van der Waals surface area contributed by atoms with Crippen molar-refractivity contribution in [2.75, 3.05) is 17.7 Å². The van der Waals surface area contributed by atoms with Crippen LogP contribution in [0.15, 0.2) is 6.33 Å². The Morgan fingerprint density at radius 2 is 1.94 bits per heavy atom. The van der Waals surface area contributed by atoms with Crippen LogP contribution in [0.1, 0.15) is 17.2 Å². The standard InChI is InChI=1S/C11H17N7/c1-7-10(12-3)15-8(2)16-11(7)13-5-9-14-6-18(4)17-9/h6H,5H2,1-4H3,(H2,12,13,15,16). The maximum absolute atomic E-state index is 4.38. The van der Waals surface area contributed by atoms with Crippen LogP contribution in [-0.2, 0) is 13.6 Å². The third-order valence-corrected chi connectivity index (χ3v) is 2.56. The predicted octanol–water partition coefficient (Wildman–Crippen LogP) is 0.876. The highest BCUT2D eigenvalue weighted by Crippen LogP contribution is 2.19. The molecule has 0 aromatic carbocycles. The number of hydrogen-bond donors (Lipinski definition) is 2. The van der Waals surface area contributed by atoms with Gasteiger partial charge in [0, 0.05) is 19.7 Å². The van der Waals surface area contributed by atoms with Crippen molar-refractivity contribution in [3.8, 4) is 0 Å². The van der Waals surface area contributed by atoms with Gasteiger partial charge in [0.1, 0.15) is 23.8 Å². The van der Waals surface area contributed by atoms with Gasteiger partial charge in [-0.05, 0) is 13.8 Å². The molecule has 0 radical (unpaired) electrons. The van der Waals surface area contributed by atoms with Crippen LogP contribution in [-0.4, -0.2) is 31.8 Å². The summed E-state index contributed by atoms with van der Waals surface area (Å²) in [5, 5.41) is 10.5. The molecule has 2 rings (SSSR count). The molecule has 0 amide bonds. The molecule has 0 aliphatic rings. The number of aromatic nitrogens is 5. The summed E-state index contributed by atoms with van der Waals surface area (Å²) >= 11 is 0. The van der Waals surface area contributed by atoms with Gasteiger partial charge in [-0.2, -0.15) is 5.10 Å². The summed E-state index contributed by atoms with van der Waals surface area (Å²) < 4.78 is 1.67. The monoisotopic (exact) mass is 247 g/mol. The summed E-state index contributed by atoms with van der Waals surface area (Å²) in [5.41, 5.74) is 0.985. The molecule has 0 spiro atoms. The van der Waals surface area contributed by atoms with E-state index in [0.29, 0.717) is 6.54 Å². The molecule has 2 N–H and O–H groups in total. The number of anilines is 2. The topological polar surface area (TPSA) is 80.5 Å². The second kappa shape index (κ2) is 4.99. The lowest BCUT2D eigenvalue weighted by atomic mass is 10.3. The highest BCUT2D eigenvalue weighted by Gasteiger charge is 2.08. The molecule has 0 bridgehead atoms.